The van der Waals surface area contributed by atoms with E-state index < -0.39 is 10.2 Å². The molecule has 0 radical (unpaired) electrons. The maximum atomic E-state index is 12.0. The molecule has 0 aromatic rings. The Labute approximate surface area is 96.6 Å². The van der Waals surface area contributed by atoms with Crippen LogP contribution in [-0.4, -0.2) is 31.9 Å². The SMILES string of the molecule is N#CC1CCCC1NS(=O)(=O)N1CCCC1. The standard InChI is InChI=1S/C10H17N3O2S/c11-8-9-4-3-5-10(9)12-16(14,15)13-6-1-2-7-13/h9-10,12H,1-7H2. The van der Waals surface area contributed by atoms with Crippen molar-refractivity contribution in [2.24, 2.45) is 5.92 Å². The average Bonchev–Trinajstić information content (AvgIpc) is 2.86. The van der Waals surface area contributed by atoms with Crippen LogP contribution in [0.4, 0.5) is 0 Å². The van der Waals surface area contributed by atoms with Crippen molar-refractivity contribution in [3.8, 4) is 6.07 Å². The summed E-state index contributed by atoms with van der Waals surface area (Å²) < 4.78 is 28.1. The Morgan fingerprint density at radius 3 is 2.50 bits per heavy atom. The van der Waals surface area contributed by atoms with E-state index >= 15 is 0 Å². The lowest BCUT2D eigenvalue weighted by atomic mass is 10.1. The van der Waals surface area contributed by atoms with E-state index in [-0.39, 0.29) is 12.0 Å². The van der Waals surface area contributed by atoms with Gasteiger partial charge in [-0.2, -0.15) is 22.7 Å². The topological polar surface area (TPSA) is 73.2 Å². The summed E-state index contributed by atoms with van der Waals surface area (Å²) in [5.74, 6) is -0.155. The maximum Gasteiger partial charge on any atom is 0.279 e. The van der Waals surface area contributed by atoms with Gasteiger partial charge in [0.05, 0.1) is 12.0 Å². The molecule has 5 nitrogen and oxygen atoms in total. The highest BCUT2D eigenvalue weighted by atomic mass is 32.2. The molecule has 2 atom stereocenters. The van der Waals surface area contributed by atoms with E-state index in [0.29, 0.717) is 13.1 Å². The van der Waals surface area contributed by atoms with Crippen molar-refractivity contribution < 1.29 is 8.42 Å². The van der Waals surface area contributed by atoms with Crippen molar-refractivity contribution in [1.82, 2.24) is 9.03 Å². The van der Waals surface area contributed by atoms with E-state index in [1.54, 1.807) is 0 Å². The highest BCUT2D eigenvalue weighted by Gasteiger charge is 2.33. The zero-order valence-electron chi connectivity index (χ0n) is 9.22. The molecule has 0 spiro atoms. The number of nitrogens with zero attached hydrogens (tertiary/aromatic N) is 2. The Bertz CT molecular complexity index is 381. The lowest BCUT2D eigenvalue weighted by Crippen LogP contribution is -2.45. The summed E-state index contributed by atoms with van der Waals surface area (Å²) in [6, 6.07) is 2.00. The molecule has 1 aliphatic heterocycles. The third-order valence-corrected chi connectivity index (χ3v) is 5.03. The van der Waals surface area contributed by atoms with Crippen LogP contribution >= 0.6 is 0 Å². The second-order valence-corrected chi connectivity index (χ2v) is 6.20. The van der Waals surface area contributed by atoms with Gasteiger partial charge in [-0.25, -0.2) is 0 Å². The van der Waals surface area contributed by atoms with Crippen LogP contribution in [0.2, 0.25) is 0 Å². The number of hydrogen-bond acceptors (Lipinski definition) is 3. The summed E-state index contributed by atoms with van der Waals surface area (Å²) >= 11 is 0. The molecule has 0 amide bonds. The molecule has 90 valence electrons. The van der Waals surface area contributed by atoms with E-state index in [1.807, 2.05) is 0 Å². The fraction of sp³-hybridized carbons (Fsp3) is 0.900. The van der Waals surface area contributed by atoms with E-state index in [2.05, 4.69) is 10.8 Å². The zero-order valence-corrected chi connectivity index (χ0v) is 10.0. The zero-order chi connectivity index (χ0) is 11.6. The van der Waals surface area contributed by atoms with Crippen LogP contribution < -0.4 is 4.72 Å². The predicted octanol–water partition coefficient (Wildman–Crippen LogP) is 0.609. The van der Waals surface area contributed by atoms with Gasteiger partial charge >= 0.3 is 0 Å². The molecular formula is C10H17N3O2S. The van der Waals surface area contributed by atoms with Crippen LogP contribution in [0.5, 0.6) is 0 Å². The summed E-state index contributed by atoms with van der Waals surface area (Å²) in [4.78, 5) is 0. The van der Waals surface area contributed by atoms with Crippen molar-refractivity contribution in [2.45, 2.75) is 38.1 Å². The largest absolute Gasteiger partial charge is 0.279 e. The lowest BCUT2D eigenvalue weighted by Gasteiger charge is -2.21. The molecule has 0 bridgehead atoms. The number of nitriles is 1. The Kier molecular flexibility index (Phi) is 3.47. The summed E-state index contributed by atoms with van der Waals surface area (Å²) in [6.07, 6.45) is 4.40. The molecule has 2 rings (SSSR count). The summed E-state index contributed by atoms with van der Waals surface area (Å²) in [7, 11) is -3.35. The van der Waals surface area contributed by atoms with E-state index in [0.717, 1.165) is 32.1 Å². The molecule has 2 fully saturated rings. The van der Waals surface area contributed by atoms with Gasteiger partial charge in [-0.15, -0.1) is 0 Å². The molecule has 16 heavy (non-hydrogen) atoms. The van der Waals surface area contributed by atoms with Crippen LogP contribution in [0.1, 0.15) is 32.1 Å². The molecule has 1 saturated heterocycles. The van der Waals surface area contributed by atoms with Gasteiger partial charge in [0.1, 0.15) is 0 Å². The van der Waals surface area contributed by atoms with Gasteiger partial charge < -0.3 is 0 Å². The first-order valence-corrected chi connectivity index (χ1v) is 7.24. The number of hydrogen-bond donors (Lipinski definition) is 1. The van der Waals surface area contributed by atoms with Gasteiger partial charge in [-0.1, -0.05) is 6.42 Å². The van der Waals surface area contributed by atoms with Crippen molar-refractivity contribution in [2.75, 3.05) is 13.1 Å². The van der Waals surface area contributed by atoms with Gasteiger partial charge in [-0.05, 0) is 25.7 Å². The second kappa shape index (κ2) is 4.70. The lowest BCUT2D eigenvalue weighted by molar-refractivity contribution is 0.440. The van der Waals surface area contributed by atoms with Crippen LogP contribution in [0, 0.1) is 17.2 Å². The first kappa shape index (κ1) is 11.8. The van der Waals surface area contributed by atoms with Crippen molar-refractivity contribution in [3.05, 3.63) is 0 Å². The first-order valence-electron chi connectivity index (χ1n) is 5.80. The predicted molar refractivity (Wildman–Crippen MR) is 59.6 cm³/mol. The van der Waals surface area contributed by atoms with E-state index in [9.17, 15) is 8.42 Å². The van der Waals surface area contributed by atoms with Gasteiger partial charge in [0, 0.05) is 19.1 Å². The fourth-order valence-electron chi connectivity index (χ4n) is 2.45. The smallest absolute Gasteiger partial charge is 0.198 e. The van der Waals surface area contributed by atoms with Crippen molar-refractivity contribution in [1.29, 1.82) is 5.26 Å². The minimum atomic E-state index is -3.35. The molecular weight excluding hydrogens is 226 g/mol. The van der Waals surface area contributed by atoms with Gasteiger partial charge in [0.15, 0.2) is 0 Å². The third kappa shape index (κ3) is 2.37. The van der Waals surface area contributed by atoms with Crippen LogP contribution in [0.3, 0.4) is 0 Å². The van der Waals surface area contributed by atoms with Gasteiger partial charge in [-0.3, -0.25) is 0 Å². The van der Waals surface area contributed by atoms with Crippen molar-refractivity contribution >= 4 is 10.2 Å². The monoisotopic (exact) mass is 243 g/mol. The Hall–Kier alpha value is -0.640. The quantitative estimate of drug-likeness (QED) is 0.789. The molecule has 1 heterocycles. The molecule has 1 aliphatic carbocycles. The highest BCUT2D eigenvalue weighted by molar-refractivity contribution is 7.87. The highest BCUT2D eigenvalue weighted by Crippen LogP contribution is 2.26. The van der Waals surface area contributed by atoms with Crippen LogP contribution in [0.15, 0.2) is 0 Å². The normalized spacial score (nSPS) is 31.7. The number of nitrogens with one attached hydrogen (secondary N) is 1. The minimum absolute atomic E-state index is 0.155. The summed E-state index contributed by atoms with van der Waals surface area (Å²) in [6.45, 7) is 1.22. The molecule has 2 unspecified atom stereocenters. The van der Waals surface area contributed by atoms with E-state index in [1.165, 1.54) is 4.31 Å². The molecule has 1 N–H and O–H groups in total. The average molecular weight is 243 g/mol. The Morgan fingerprint density at radius 2 is 1.88 bits per heavy atom. The Morgan fingerprint density at radius 1 is 1.19 bits per heavy atom. The van der Waals surface area contributed by atoms with Gasteiger partial charge in [0.25, 0.3) is 10.2 Å². The van der Waals surface area contributed by atoms with Gasteiger partial charge in [0.2, 0.25) is 0 Å². The number of rotatable bonds is 3. The van der Waals surface area contributed by atoms with E-state index in [4.69, 9.17) is 5.26 Å². The van der Waals surface area contributed by atoms with Crippen molar-refractivity contribution in [3.63, 3.8) is 0 Å². The first-order chi connectivity index (χ1) is 7.63. The molecule has 6 heteroatoms. The fourth-order valence-corrected chi connectivity index (χ4v) is 4.00. The summed E-state index contributed by atoms with van der Waals surface area (Å²) in [5, 5.41) is 8.90. The third-order valence-electron chi connectivity index (χ3n) is 3.39. The molecule has 1 saturated carbocycles. The van der Waals surface area contributed by atoms with Crippen LogP contribution in [0.25, 0.3) is 0 Å². The maximum absolute atomic E-state index is 12.0. The molecule has 0 aromatic carbocycles. The molecule has 0 aromatic heterocycles. The van der Waals surface area contributed by atoms with Crippen LogP contribution in [-0.2, 0) is 10.2 Å². The molecule has 2 aliphatic rings. The second-order valence-electron chi connectivity index (χ2n) is 4.50. The summed E-state index contributed by atoms with van der Waals surface area (Å²) in [5.41, 5.74) is 0. The minimum Gasteiger partial charge on any atom is -0.198 e. The Balaban J connectivity index is 2.00.